The van der Waals surface area contributed by atoms with E-state index in [0.717, 1.165) is 5.56 Å². The fourth-order valence-electron chi connectivity index (χ4n) is 1.29. The van der Waals surface area contributed by atoms with Gasteiger partial charge in [-0.25, -0.2) is 0 Å². The van der Waals surface area contributed by atoms with E-state index in [2.05, 4.69) is 0 Å². The normalized spacial score (nSPS) is 11.8. The Labute approximate surface area is 89.0 Å². The van der Waals surface area contributed by atoms with E-state index in [0.29, 0.717) is 18.4 Å². The van der Waals surface area contributed by atoms with E-state index in [-0.39, 0.29) is 5.78 Å². The van der Waals surface area contributed by atoms with E-state index in [1.807, 2.05) is 6.07 Å². The number of hydrogen-bond donors (Lipinski definition) is 1. The van der Waals surface area contributed by atoms with Gasteiger partial charge in [-0.05, 0) is 17.7 Å². The molecular formula is C12H13NO2. The minimum atomic E-state index is -0.928. The molecule has 78 valence electrons. The van der Waals surface area contributed by atoms with Crippen molar-refractivity contribution in [1.29, 1.82) is 5.26 Å². The van der Waals surface area contributed by atoms with Gasteiger partial charge < -0.3 is 5.11 Å². The number of rotatable bonds is 4. The Morgan fingerprint density at radius 1 is 1.47 bits per heavy atom. The second kappa shape index (κ2) is 5.28. The molecule has 0 spiro atoms. The summed E-state index contributed by atoms with van der Waals surface area (Å²) < 4.78 is 0. The molecule has 0 aliphatic heterocycles. The predicted octanol–water partition coefficient (Wildman–Crippen LogP) is 1.44. The number of carbonyl (C=O) groups is 1. The van der Waals surface area contributed by atoms with Crippen LogP contribution in [0.2, 0.25) is 0 Å². The molecule has 3 heteroatoms. The summed E-state index contributed by atoms with van der Waals surface area (Å²) in [4.78, 5) is 11.1. The Balaban J connectivity index is 2.66. The molecule has 0 aliphatic rings. The molecule has 0 heterocycles. The summed E-state index contributed by atoms with van der Waals surface area (Å²) in [6.07, 6.45) is -0.265. The highest BCUT2D eigenvalue weighted by Gasteiger charge is 2.12. The molecule has 0 saturated carbocycles. The number of aliphatic hydroxyl groups is 1. The number of ketones is 1. The van der Waals surface area contributed by atoms with Crippen LogP contribution in [0.3, 0.4) is 0 Å². The lowest BCUT2D eigenvalue weighted by molar-refractivity contribution is -0.126. The van der Waals surface area contributed by atoms with Crippen molar-refractivity contribution in [1.82, 2.24) is 0 Å². The van der Waals surface area contributed by atoms with E-state index in [1.54, 1.807) is 31.2 Å². The van der Waals surface area contributed by atoms with Gasteiger partial charge in [0.05, 0.1) is 11.6 Å². The standard InChI is InChI=1S/C12H13NO2/c1-2-11(14)12(15)7-9-3-5-10(8-13)6-4-9/h3-6,12,15H,2,7H2,1H3/t12-/m1/s1. The van der Waals surface area contributed by atoms with Crippen LogP contribution in [0.1, 0.15) is 24.5 Å². The maximum Gasteiger partial charge on any atom is 0.161 e. The first-order valence-electron chi connectivity index (χ1n) is 4.87. The lowest BCUT2D eigenvalue weighted by Crippen LogP contribution is -2.21. The summed E-state index contributed by atoms with van der Waals surface area (Å²) in [5.74, 6) is -0.153. The molecule has 0 saturated heterocycles. The van der Waals surface area contributed by atoms with Crippen LogP contribution in [-0.2, 0) is 11.2 Å². The lowest BCUT2D eigenvalue weighted by Gasteiger charge is -2.07. The van der Waals surface area contributed by atoms with Gasteiger partial charge in [0, 0.05) is 12.8 Å². The van der Waals surface area contributed by atoms with Crippen LogP contribution in [-0.4, -0.2) is 17.0 Å². The van der Waals surface area contributed by atoms with Crippen LogP contribution in [0.5, 0.6) is 0 Å². The average molecular weight is 203 g/mol. The Morgan fingerprint density at radius 2 is 2.07 bits per heavy atom. The molecule has 1 N–H and O–H groups in total. The number of aliphatic hydroxyl groups excluding tert-OH is 1. The zero-order chi connectivity index (χ0) is 11.3. The van der Waals surface area contributed by atoms with Gasteiger partial charge in [-0.2, -0.15) is 5.26 Å². The Bertz CT molecular complexity index is 376. The molecule has 3 nitrogen and oxygen atoms in total. The molecule has 0 amide bonds. The van der Waals surface area contributed by atoms with Crippen LogP contribution in [0.25, 0.3) is 0 Å². The third-order valence-corrected chi connectivity index (χ3v) is 2.23. The summed E-state index contributed by atoms with van der Waals surface area (Å²) in [7, 11) is 0. The molecule has 0 aromatic heterocycles. The van der Waals surface area contributed by atoms with Gasteiger partial charge >= 0.3 is 0 Å². The molecule has 0 radical (unpaired) electrons. The maximum absolute atomic E-state index is 11.1. The van der Waals surface area contributed by atoms with Gasteiger partial charge in [-0.15, -0.1) is 0 Å². The van der Waals surface area contributed by atoms with Crippen LogP contribution >= 0.6 is 0 Å². The summed E-state index contributed by atoms with van der Waals surface area (Å²) >= 11 is 0. The third-order valence-electron chi connectivity index (χ3n) is 2.23. The number of carbonyl (C=O) groups excluding carboxylic acids is 1. The molecule has 1 atom stereocenters. The molecule has 0 bridgehead atoms. The van der Waals surface area contributed by atoms with Crippen molar-refractivity contribution in [2.45, 2.75) is 25.9 Å². The Kier molecular flexibility index (Phi) is 4.02. The van der Waals surface area contributed by atoms with Crippen molar-refractivity contribution in [3.63, 3.8) is 0 Å². The number of nitriles is 1. The van der Waals surface area contributed by atoms with E-state index < -0.39 is 6.10 Å². The highest BCUT2D eigenvalue weighted by molar-refractivity contribution is 5.82. The van der Waals surface area contributed by atoms with Crippen molar-refractivity contribution in [2.24, 2.45) is 0 Å². The van der Waals surface area contributed by atoms with Crippen molar-refractivity contribution in [2.75, 3.05) is 0 Å². The molecule has 15 heavy (non-hydrogen) atoms. The van der Waals surface area contributed by atoms with Gasteiger partial charge in [-0.3, -0.25) is 4.79 Å². The van der Waals surface area contributed by atoms with E-state index in [9.17, 15) is 9.90 Å². The van der Waals surface area contributed by atoms with Crippen LogP contribution in [0.15, 0.2) is 24.3 Å². The quantitative estimate of drug-likeness (QED) is 0.805. The zero-order valence-corrected chi connectivity index (χ0v) is 8.60. The fourth-order valence-corrected chi connectivity index (χ4v) is 1.29. The highest BCUT2D eigenvalue weighted by Crippen LogP contribution is 2.07. The van der Waals surface area contributed by atoms with Gasteiger partial charge in [-0.1, -0.05) is 19.1 Å². The second-order valence-electron chi connectivity index (χ2n) is 3.35. The Morgan fingerprint density at radius 3 is 2.53 bits per heavy atom. The van der Waals surface area contributed by atoms with Crippen molar-refractivity contribution >= 4 is 5.78 Å². The topological polar surface area (TPSA) is 61.1 Å². The number of nitrogens with zero attached hydrogens (tertiary/aromatic N) is 1. The predicted molar refractivity (Wildman–Crippen MR) is 56.2 cm³/mol. The van der Waals surface area contributed by atoms with Crippen LogP contribution in [0.4, 0.5) is 0 Å². The third kappa shape index (κ3) is 3.19. The van der Waals surface area contributed by atoms with Gasteiger partial charge in [0.25, 0.3) is 0 Å². The zero-order valence-electron chi connectivity index (χ0n) is 8.60. The van der Waals surface area contributed by atoms with Crippen molar-refractivity contribution in [3.8, 4) is 6.07 Å². The SMILES string of the molecule is CCC(=O)[C@H](O)Cc1ccc(C#N)cc1. The minimum Gasteiger partial charge on any atom is -0.385 e. The molecular weight excluding hydrogens is 190 g/mol. The average Bonchev–Trinajstić information content (AvgIpc) is 2.29. The van der Waals surface area contributed by atoms with Gasteiger partial charge in [0.1, 0.15) is 6.10 Å². The fraction of sp³-hybridized carbons (Fsp3) is 0.333. The van der Waals surface area contributed by atoms with E-state index in [1.165, 1.54) is 0 Å². The molecule has 1 aromatic rings. The number of benzene rings is 1. The molecule has 1 aromatic carbocycles. The Hall–Kier alpha value is -1.66. The van der Waals surface area contributed by atoms with Crippen LogP contribution < -0.4 is 0 Å². The van der Waals surface area contributed by atoms with E-state index in [4.69, 9.17) is 5.26 Å². The number of Topliss-reactive ketones (excluding diaryl/α,β-unsaturated/α-hetero) is 1. The smallest absolute Gasteiger partial charge is 0.161 e. The molecule has 0 unspecified atom stereocenters. The molecule has 0 aliphatic carbocycles. The summed E-state index contributed by atoms with van der Waals surface area (Å²) in [6.45, 7) is 1.73. The van der Waals surface area contributed by atoms with Gasteiger partial charge in [0.15, 0.2) is 5.78 Å². The maximum atomic E-state index is 11.1. The summed E-state index contributed by atoms with van der Waals surface area (Å²) in [6, 6.07) is 8.88. The van der Waals surface area contributed by atoms with Crippen molar-refractivity contribution < 1.29 is 9.90 Å². The van der Waals surface area contributed by atoms with Crippen molar-refractivity contribution in [3.05, 3.63) is 35.4 Å². The second-order valence-corrected chi connectivity index (χ2v) is 3.35. The lowest BCUT2D eigenvalue weighted by atomic mass is 10.0. The molecule has 0 fully saturated rings. The highest BCUT2D eigenvalue weighted by atomic mass is 16.3. The first kappa shape index (κ1) is 11.4. The summed E-state index contributed by atoms with van der Waals surface area (Å²) in [5.41, 5.74) is 1.44. The monoisotopic (exact) mass is 203 g/mol. The van der Waals surface area contributed by atoms with Gasteiger partial charge in [0.2, 0.25) is 0 Å². The molecule has 1 rings (SSSR count). The number of hydrogen-bond acceptors (Lipinski definition) is 3. The first-order chi connectivity index (χ1) is 7.17. The largest absolute Gasteiger partial charge is 0.385 e. The van der Waals surface area contributed by atoms with E-state index >= 15 is 0 Å². The van der Waals surface area contributed by atoms with Crippen LogP contribution in [0, 0.1) is 11.3 Å². The summed E-state index contributed by atoms with van der Waals surface area (Å²) in [5, 5.41) is 18.1. The first-order valence-corrected chi connectivity index (χ1v) is 4.87. The minimum absolute atomic E-state index is 0.153.